The normalized spacial score (nSPS) is 12.9. The van der Waals surface area contributed by atoms with E-state index in [0.29, 0.717) is 30.7 Å². The molecule has 4 rings (SSSR count). The lowest BCUT2D eigenvalue weighted by Gasteiger charge is -2.18. The summed E-state index contributed by atoms with van der Waals surface area (Å²) in [6.07, 6.45) is 21.1. The molecule has 200 valence electrons. The zero-order valence-electron chi connectivity index (χ0n) is 23.0. The molecular weight excluding hydrogens is 468 g/mol. The molecule has 2 aromatic carbocycles. The van der Waals surface area contributed by atoms with Crippen LogP contribution in [0.5, 0.6) is 0 Å². The summed E-state index contributed by atoms with van der Waals surface area (Å²) < 4.78 is 4.38. The predicted octanol–water partition coefficient (Wildman–Crippen LogP) is 7.77. The minimum atomic E-state index is 0.337. The zero-order chi connectivity index (χ0) is 26.6. The van der Waals surface area contributed by atoms with Crippen LogP contribution in [0, 0.1) is 0 Å². The average molecular weight is 511 g/mol. The molecule has 2 unspecified atom stereocenters. The molecular formula is C33H42N4O. The first-order valence-electron chi connectivity index (χ1n) is 14.3. The molecule has 0 aliphatic carbocycles. The van der Waals surface area contributed by atoms with Crippen molar-refractivity contribution in [1.82, 2.24) is 19.1 Å². The molecule has 0 aliphatic rings. The van der Waals surface area contributed by atoms with Gasteiger partial charge < -0.3 is 9.13 Å². The van der Waals surface area contributed by atoms with Gasteiger partial charge in [0.1, 0.15) is 5.78 Å². The number of Topliss-reactive ketones (excluding diaryl/α,β-unsaturated/α-hetero) is 1. The predicted molar refractivity (Wildman–Crippen MR) is 154 cm³/mol. The Morgan fingerprint density at radius 3 is 1.45 bits per heavy atom. The largest absolute Gasteiger partial charge is 0.330 e. The van der Waals surface area contributed by atoms with E-state index >= 15 is 0 Å². The lowest BCUT2D eigenvalue weighted by atomic mass is 9.97. The Kier molecular flexibility index (Phi) is 10.5. The minimum absolute atomic E-state index is 0.337. The summed E-state index contributed by atoms with van der Waals surface area (Å²) in [6, 6.07) is 18.5. The van der Waals surface area contributed by atoms with Gasteiger partial charge in [0.2, 0.25) is 0 Å². The lowest BCUT2D eigenvalue weighted by Crippen LogP contribution is -2.08. The van der Waals surface area contributed by atoms with Crippen LogP contribution >= 0.6 is 0 Å². The highest BCUT2D eigenvalue weighted by Crippen LogP contribution is 2.25. The fourth-order valence-electron chi connectivity index (χ4n) is 5.35. The summed E-state index contributed by atoms with van der Waals surface area (Å²) in [5, 5.41) is 0. The summed E-state index contributed by atoms with van der Waals surface area (Å²) in [5.74, 6) is 0.379. The first kappa shape index (κ1) is 27.6. The van der Waals surface area contributed by atoms with E-state index in [-0.39, 0.29) is 0 Å². The maximum atomic E-state index is 12.5. The molecule has 0 aliphatic heterocycles. The van der Waals surface area contributed by atoms with Gasteiger partial charge in [-0.25, -0.2) is 9.97 Å². The summed E-state index contributed by atoms with van der Waals surface area (Å²) in [5.41, 5.74) is 5.25. The molecule has 0 spiro atoms. The fraction of sp³-hybridized carbons (Fsp3) is 0.424. The topological polar surface area (TPSA) is 52.7 Å². The van der Waals surface area contributed by atoms with Gasteiger partial charge in [0.25, 0.3) is 0 Å². The maximum absolute atomic E-state index is 12.5. The van der Waals surface area contributed by atoms with Gasteiger partial charge in [0.15, 0.2) is 0 Å². The van der Waals surface area contributed by atoms with Crippen LogP contribution in [-0.2, 0) is 17.6 Å². The highest BCUT2D eigenvalue weighted by molar-refractivity contribution is 5.78. The molecule has 0 saturated carbocycles. The summed E-state index contributed by atoms with van der Waals surface area (Å²) in [4.78, 5) is 20.9. The van der Waals surface area contributed by atoms with Gasteiger partial charge in [-0.05, 0) is 60.8 Å². The van der Waals surface area contributed by atoms with Crippen molar-refractivity contribution in [3.8, 4) is 0 Å². The lowest BCUT2D eigenvalue weighted by molar-refractivity contribution is -0.119. The average Bonchev–Trinajstić information content (AvgIpc) is 3.67. The van der Waals surface area contributed by atoms with Crippen molar-refractivity contribution < 1.29 is 4.79 Å². The molecule has 0 bridgehead atoms. The van der Waals surface area contributed by atoms with Crippen LogP contribution in [0.3, 0.4) is 0 Å². The quantitative estimate of drug-likeness (QED) is 0.155. The first-order chi connectivity index (χ1) is 18.7. The number of benzene rings is 2. The Balaban J connectivity index is 1.18. The van der Waals surface area contributed by atoms with Crippen LogP contribution in [-0.4, -0.2) is 24.9 Å². The van der Waals surface area contributed by atoms with E-state index in [9.17, 15) is 4.79 Å². The van der Waals surface area contributed by atoms with Crippen molar-refractivity contribution in [2.45, 2.75) is 90.1 Å². The van der Waals surface area contributed by atoms with Crippen molar-refractivity contribution in [2.24, 2.45) is 0 Å². The first-order valence-corrected chi connectivity index (χ1v) is 14.3. The molecule has 0 saturated heterocycles. The van der Waals surface area contributed by atoms with Crippen LogP contribution in [0.4, 0.5) is 0 Å². The van der Waals surface area contributed by atoms with Gasteiger partial charge in [-0.15, -0.1) is 0 Å². The van der Waals surface area contributed by atoms with Gasteiger partial charge in [-0.1, -0.05) is 75.2 Å². The molecule has 0 radical (unpaired) electrons. The van der Waals surface area contributed by atoms with Crippen molar-refractivity contribution in [3.05, 3.63) is 108 Å². The van der Waals surface area contributed by atoms with Crippen molar-refractivity contribution in [1.29, 1.82) is 0 Å². The monoisotopic (exact) mass is 510 g/mol. The van der Waals surface area contributed by atoms with E-state index in [4.69, 9.17) is 0 Å². The second kappa shape index (κ2) is 14.5. The second-order valence-electron chi connectivity index (χ2n) is 10.4. The van der Waals surface area contributed by atoms with Crippen molar-refractivity contribution in [2.75, 3.05) is 0 Å². The molecule has 5 heteroatoms. The molecule has 0 amide bonds. The van der Waals surface area contributed by atoms with Gasteiger partial charge in [-0.2, -0.15) is 0 Å². The smallest absolute Gasteiger partial charge is 0.132 e. The molecule has 0 fully saturated rings. The molecule has 38 heavy (non-hydrogen) atoms. The SMILES string of the molecule is CCCC(c1ccc(CCCC(=O)CCCc2ccc(C(CCC)n3ccnc3)cc2)cc1)n1ccnc1. The number of imidazole rings is 2. The van der Waals surface area contributed by atoms with E-state index in [1.807, 2.05) is 37.4 Å². The minimum Gasteiger partial charge on any atom is -0.330 e. The third-order valence-electron chi connectivity index (χ3n) is 7.46. The number of aromatic nitrogens is 4. The van der Waals surface area contributed by atoms with Gasteiger partial charge in [0, 0.05) is 37.6 Å². The number of carbonyl (C=O) groups excluding carboxylic acids is 1. The van der Waals surface area contributed by atoms with Crippen molar-refractivity contribution >= 4 is 5.78 Å². The van der Waals surface area contributed by atoms with E-state index in [1.165, 1.54) is 22.3 Å². The van der Waals surface area contributed by atoms with Gasteiger partial charge in [-0.3, -0.25) is 4.79 Å². The number of nitrogens with zero attached hydrogens (tertiary/aromatic N) is 4. The number of ketones is 1. The number of carbonyl (C=O) groups is 1. The Hall–Kier alpha value is -3.47. The van der Waals surface area contributed by atoms with E-state index in [1.54, 1.807) is 0 Å². The Bertz CT molecular complexity index is 1100. The van der Waals surface area contributed by atoms with E-state index in [0.717, 1.165) is 51.4 Å². The zero-order valence-corrected chi connectivity index (χ0v) is 23.0. The van der Waals surface area contributed by atoms with Crippen LogP contribution in [0.15, 0.2) is 86.0 Å². The van der Waals surface area contributed by atoms with Crippen LogP contribution in [0.25, 0.3) is 0 Å². The molecule has 2 atom stereocenters. The molecule has 4 aromatic rings. The van der Waals surface area contributed by atoms with Gasteiger partial charge >= 0.3 is 0 Å². The van der Waals surface area contributed by atoms with E-state index < -0.39 is 0 Å². The Morgan fingerprint density at radius 2 is 1.11 bits per heavy atom. The standard InChI is InChI=1S/C33H42N4O/c1-3-7-32(36-23-21-34-25-36)29-17-13-27(14-18-29)9-5-11-31(38)12-6-10-28-15-19-30(20-16-28)33(8-4-2)37-24-22-35-26-37/h13-26,32-33H,3-12H2,1-2H3. The number of aryl methyl sites for hydroxylation is 2. The molecule has 0 N–H and O–H groups in total. The third kappa shape index (κ3) is 7.77. The fourth-order valence-corrected chi connectivity index (χ4v) is 5.35. The number of hydrogen-bond donors (Lipinski definition) is 0. The maximum Gasteiger partial charge on any atom is 0.132 e. The van der Waals surface area contributed by atoms with Gasteiger partial charge in [0.05, 0.1) is 24.7 Å². The summed E-state index contributed by atoms with van der Waals surface area (Å²) in [6.45, 7) is 4.44. The summed E-state index contributed by atoms with van der Waals surface area (Å²) >= 11 is 0. The van der Waals surface area contributed by atoms with Crippen LogP contribution in [0.1, 0.15) is 99.6 Å². The highest BCUT2D eigenvalue weighted by Gasteiger charge is 2.13. The third-order valence-corrected chi connectivity index (χ3v) is 7.46. The number of hydrogen-bond acceptors (Lipinski definition) is 3. The summed E-state index contributed by atoms with van der Waals surface area (Å²) in [7, 11) is 0. The van der Waals surface area contributed by atoms with Crippen LogP contribution < -0.4 is 0 Å². The van der Waals surface area contributed by atoms with E-state index in [2.05, 4.69) is 81.5 Å². The highest BCUT2D eigenvalue weighted by atomic mass is 16.1. The number of rotatable bonds is 16. The van der Waals surface area contributed by atoms with Crippen molar-refractivity contribution in [3.63, 3.8) is 0 Å². The second-order valence-corrected chi connectivity index (χ2v) is 10.4. The molecule has 5 nitrogen and oxygen atoms in total. The Morgan fingerprint density at radius 1 is 0.684 bits per heavy atom. The van der Waals surface area contributed by atoms with Crippen LogP contribution in [0.2, 0.25) is 0 Å². The Labute approximate surface area is 228 Å². The molecule has 2 heterocycles. The molecule has 2 aromatic heterocycles.